The molecule has 2 aromatic heterocycles. The van der Waals surface area contributed by atoms with Crippen molar-refractivity contribution in [1.29, 1.82) is 0 Å². The highest BCUT2D eigenvalue weighted by Gasteiger charge is 2.14. The van der Waals surface area contributed by atoms with Crippen LogP contribution in [0.3, 0.4) is 0 Å². The molecule has 0 N–H and O–H groups in total. The normalized spacial score (nSPS) is 12.8. The van der Waals surface area contributed by atoms with Crippen LogP contribution in [0.4, 0.5) is 0 Å². The summed E-state index contributed by atoms with van der Waals surface area (Å²) >= 11 is 0. The Morgan fingerprint density at radius 3 is 2.85 bits per heavy atom. The summed E-state index contributed by atoms with van der Waals surface area (Å²) in [6, 6.07) is 6.53. The summed E-state index contributed by atoms with van der Waals surface area (Å²) < 4.78 is 5.34. The van der Waals surface area contributed by atoms with Crippen molar-refractivity contribution in [1.82, 2.24) is 15.0 Å². The predicted octanol–water partition coefficient (Wildman–Crippen LogP) is 3.00. The summed E-state index contributed by atoms with van der Waals surface area (Å²) in [5.74, 6) is 0.925. The Labute approximate surface area is 120 Å². The highest BCUT2D eigenvalue weighted by atomic mass is 16.5. The maximum absolute atomic E-state index is 5.34. The molecule has 0 bridgehead atoms. The van der Waals surface area contributed by atoms with E-state index in [1.54, 1.807) is 0 Å². The molecule has 0 amide bonds. The molecule has 0 aliphatic rings. The van der Waals surface area contributed by atoms with E-state index >= 15 is 0 Å². The molecule has 1 atom stereocenters. The van der Waals surface area contributed by atoms with Gasteiger partial charge in [0, 0.05) is 30.4 Å². The van der Waals surface area contributed by atoms with Gasteiger partial charge in [0.05, 0.1) is 12.2 Å². The summed E-state index contributed by atoms with van der Waals surface area (Å²) in [5, 5.41) is 4.03. The van der Waals surface area contributed by atoms with E-state index in [4.69, 9.17) is 4.52 Å². The lowest BCUT2D eigenvalue weighted by Gasteiger charge is -2.23. The minimum Gasteiger partial charge on any atom is -0.360 e. The van der Waals surface area contributed by atoms with E-state index in [-0.39, 0.29) is 0 Å². The van der Waals surface area contributed by atoms with Crippen molar-refractivity contribution in [3.8, 4) is 0 Å². The number of pyridine rings is 1. The second kappa shape index (κ2) is 6.66. The fourth-order valence-electron chi connectivity index (χ4n) is 2.17. The van der Waals surface area contributed by atoms with Gasteiger partial charge in [-0.15, -0.1) is 0 Å². The second-order valence-electron chi connectivity index (χ2n) is 5.37. The highest BCUT2D eigenvalue weighted by molar-refractivity contribution is 5.18. The van der Waals surface area contributed by atoms with Gasteiger partial charge in [-0.25, -0.2) is 0 Å². The molecule has 2 heterocycles. The van der Waals surface area contributed by atoms with Gasteiger partial charge in [-0.3, -0.25) is 9.88 Å². The molecule has 4 nitrogen and oxygen atoms in total. The summed E-state index contributed by atoms with van der Waals surface area (Å²) in [6.45, 7) is 7.18. The van der Waals surface area contributed by atoms with E-state index in [0.717, 1.165) is 30.8 Å². The Balaban J connectivity index is 1.95. The van der Waals surface area contributed by atoms with Crippen molar-refractivity contribution in [2.45, 2.75) is 46.2 Å². The Hall–Kier alpha value is -1.68. The third kappa shape index (κ3) is 3.67. The van der Waals surface area contributed by atoms with Crippen LogP contribution >= 0.6 is 0 Å². The van der Waals surface area contributed by atoms with E-state index in [2.05, 4.69) is 48.9 Å². The molecule has 0 fully saturated rings. The van der Waals surface area contributed by atoms with Crippen LogP contribution in [0.1, 0.15) is 36.6 Å². The van der Waals surface area contributed by atoms with Crippen LogP contribution in [0, 0.1) is 6.92 Å². The molecule has 0 radical (unpaired) electrons. The molecule has 4 heteroatoms. The first-order valence-electron chi connectivity index (χ1n) is 7.15. The maximum Gasteiger partial charge on any atom is 0.150 e. The lowest BCUT2D eigenvalue weighted by molar-refractivity contribution is 0.216. The molecule has 108 valence electrons. The van der Waals surface area contributed by atoms with Gasteiger partial charge in [-0.05, 0) is 38.9 Å². The molecule has 0 spiro atoms. The van der Waals surface area contributed by atoms with Crippen LogP contribution in [0.5, 0.6) is 0 Å². The van der Waals surface area contributed by atoms with E-state index in [1.807, 2.05) is 18.3 Å². The van der Waals surface area contributed by atoms with Gasteiger partial charge < -0.3 is 4.52 Å². The first kappa shape index (κ1) is 14.7. The molecule has 20 heavy (non-hydrogen) atoms. The van der Waals surface area contributed by atoms with Crippen molar-refractivity contribution >= 4 is 0 Å². The van der Waals surface area contributed by atoms with Gasteiger partial charge in [0.2, 0.25) is 0 Å². The minimum absolute atomic E-state index is 0.402. The van der Waals surface area contributed by atoms with E-state index in [9.17, 15) is 0 Å². The van der Waals surface area contributed by atoms with Gasteiger partial charge in [0.1, 0.15) is 0 Å². The monoisotopic (exact) mass is 273 g/mol. The highest BCUT2D eigenvalue weighted by Crippen LogP contribution is 2.13. The van der Waals surface area contributed by atoms with Crippen molar-refractivity contribution in [3.63, 3.8) is 0 Å². The number of aromatic nitrogens is 2. The van der Waals surface area contributed by atoms with Crippen LogP contribution in [0.2, 0.25) is 0 Å². The number of hydrogen-bond acceptors (Lipinski definition) is 4. The average molecular weight is 273 g/mol. The number of hydrogen-bond donors (Lipinski definition) is 0. The largest absolute Gasteiger partial charge is 0.360 e. The molecule has 0 aliphatic heterocycles. The Bertz CT molecular complexity index is 550. The molecular formula is C16H23N3O. The van der Waals surface area contributed by atoms with Crippen LogP contribution in [0.25, 0.3) is 0 Å². The molecule has 2 aromatic rings. The number of nitrogens with zero attached hydrogens (tertiary/aromatic N) is 3. The van der Waals surface area contributed by atoms with Crippen molar-refractivity contribution in [2.75, 3.05) is 7.05 Å². The first-order valence-corrected chi connectivity index (χ1v) is 7.15. The van der Waals surface area contributed by atoms with Gasteiger partial charge >= 0.3 is 0 Å². The number of aryl methyl sites for hydroxylation is 2. The van der Waals surface area contributed by atoms with Crippen molar-refractivity contribution in [3.05, 3.63) is 47.1 Å². The minimum atomic E-state index is 0.402. The molecule has 0 aromatic carbocycles. The molecular weight excluding hydrogens is 250 g/mol. The Morgan fingerprint density at radius 2 is 2.20 bits per heavy atom. The summed E-state index contributed by atoms with van der Waals surface area (Å²) in [4.78, 5) is 6.73. The SMILES string of the molecule is CCc1cc(CN(C)C(C)Cc2ncccc2C)on1. The fourth-order valence-corrected chi connectivity index (χ4v) is 2.17. The Morgan fingerprint density at radius 1 is 1.40 bits per heavy atom. The molecule has 2 rings (SSSR count). The first-order chi connectivity index (χ1) is 9.60. The van der Waals surface area contributed by atoms with Crippen molar-refractivity contribution in [2.24, 2.45) is 0 Å². The predicted molar refractivity (Wildman–Crippen MR) is 79.5 cm³/mol. The second-order valence-corrected chi connectivity index (χ2v) is 5.37. The maximum atomic E-state index is 5.34. The Kier molecular flexibility index (Phi) is 4.90. The summed E-state index contributed by atoms with van der Waals surface area (Å²) in [7, 11) is 2.11. The number of rotatable bonds is 6. The summed E-state index contributed by atoms with van der Waals surface area (Å²) in [6.07, 6.45) is 3.72. The van der Waals surface area contributed by atoms with E-state index in [0.29, 0.717) is 6.04 Å². The quantitative estimate of drug-likeness (QED) is 0.811. The van der Waals surface area contributed by atoms with Crippen LogP contribution in [-0.2, 0) is 19.4 Å². The topological polar surface area (TPSA) is 42.2 Å². The standard InChI is InChI=1S/C16H23N3O/c1-5-14-10-15(20-18-14)11-19(4)13(3)9-16-12(2)7-6-8-17-16/h6-8,10,13H,5,9,11H2,1-4H3. The third-order valence-electron chi connectivity index (χ3n) is 3.73. The molecule has 0 saturated heterocycles. The molecule has 0 saturated carbocycles. The van der Waals surface area contributed by atoms with Gasteiger partial charge in [-0.1, -0.05) is 18.1 Å². The third-order valence-corrected chi connectivity index (χ3v) is 3.73. The van der Waals surface area contributed by atoms with E-state index in [1.165, 1.54) is 11.3 Å². The fraction of sp³-hybridized carbons (Fsp3) is 0.500. The zero-order chi connectivity index (χ0) is 14.5. The summed E-state index contributed by atoms with van der Waals surface area (Å²) in [5.41, 5.74) is 3.43. The molecule has 1 unspecified atom stereocenters. The zero-order valence-corrected chi connectivity index (χ0v) is 12.8. The van der Waals surface area contributed by atoms with Crippen molar-refractivity contribution < 1.29 is 4.52 Å². The molecule has 0 aliphatic carbocycles. The smallest absolute Gasteiger partial charge is 0.150 e. The average Bonchev–Trinajstić information content (AvgIpc) is 2.89. The van der Waals surface area contributed by atoms with Crippen LogP contribution < -0.4 is 0 Å². The number of likely N-dealkylation sites (N-methyl/N-ethyl adjacent to an activating group) is 1. The van der Waals surface area contributed by atoms with Crippen LogP contribution in [-0.4, -0.2) is 28.1 Å². The van der Waals surface area contributed by atoms with Gasteiger partial charge in [0.25, 0.3) is 0 Å². The van der Waals surface area contributed by atoms with Gasteiger partial charge in [0.15, 0.2) is 5.76 Å². The van der Waals surface area contributed by atoms with Crippen LogP contribution in [0.15, 0.2) is 28.9 Å². The zero-order valence-electron chi connectivity index (χ0n) is 12.8. The lowest BCUT2D eigenvalue weighted by atomic mass is 10.1. The van der Waals surface area contributed by atoms with E-state index < -0.39 is 0 Å². The lowest BCUT2D eigenvalue weighted by Crippen LogP contribution is -2.30. The van der Waals surface area contributed by atoms with Gasteiger partial charge in [-0.2, -0.15) is 0 Å².